The molecule has 0 amide bonds. The molecule has 0 unspecified atom stereocenters. The molecule has 0 spiro atoms. The lowest BCUT2D eigenvalue weighted by atomic mass is 10.2. The molecule has 2 rings (SSSR count). The predicted molar refractivity (Wildman–Crippen MR) is 71.4 cm³/mol. The van der Waals surface area contributed by atoms with Gasteiger partial charge in [-0.15, -0.1) is 0 Å². The molecule has 94 valence electrons. The monoisotopic (exact) mass is 308 g/mol. The zero-order chi connectivity index (χ0) is 13.1. The van der Waals surface area contributed by atoms with Gasteiger partial charge in [-0.3, -0.25) is 0 Å². The molecule has 18 heavy (non-hydrogen) atoms. The predicted octanol–water partition coefficient (Wildman–Crippen LogP) is 2.83. The van der Waals surface area contributed by atoms with Gasteiger partial charge in [0.15, 0.2) is 5.69 Å². The van der Waals surface area contributed by atoms with Crippen LogP contribution in [0, 0.1) is 0 Å². The molecule has 0 aromatic carbocycles. The second-order valence-electron chi connectivity index (χ2n) is 4.00. The Hall–Kier alpha value is -1.56. The van der Waals surface area contributed by atoms with Crippen LogP contribution < -0.4 is 4.74 Å². The van der Waals surface area contributed by atoms with Crippen LogP contribution in [0.25, 0.3) is 11.4 Å². The Balaban J connectivity index is 2.56. The highest BCUT2D eigenvalue weighted by Gasteiger charge is 2.13. The largest absolute Gasteiger partial charge is 0.479 e. The molecule has 0 saturated heterocycles. The highest BCUT2D eigenvalue weighted by atomic mass is 79.9. The van der Waals surface area contributed by atoms with Gasteiger partial charge in [-0.1, -0.05) is 13.8 Å². The summed E-state index contributed by atoms with van der Waals surface area (Å²) in [7, 11) is 1.56. The normalized spacial score (nSPS) is 10.7. The molecule has 2 aromatic rings. The molecule has 2 aromatic heterocycles. The van der Waals surface area contributed by atoms with Gasteiger partial charge in [0.25, 0.3) is 0 Å². The molecule has 0 aliphatic heterocycles. The lowest BCUT2D eigenvalue weighted by molar-refractivity contribution is 0.397. The Labute approximate surface area is 114 Å². The number of methoxy groups -OCH3 is 1. The van der Waals surface area contributed by atoms with Crippen molar-refractivity contribution in [3.05, 3.63) is 28.9 Å². The SMILES string of the molecule is COc1nccnc1-c1cc(Br)nc(C(C)C)n1. The van der Waals surface area contributed by atoms with Crippen LogP contribution in [0.4, 0.5) is 0 Å². The smallest absolute Gasteiger partial charge is 0.241 e. The lowest BCUT2D eigenvalue weighted by Crippen LogP contribution is -2.02. The second-order valence-corrected chi connectivity index (χ2v) is 4.82. The third-order valence-electron chi connectivity index (χ3n) is 2.33. The average Bonchev–Trinajstić information content (AvgIpc) is 2.38. The maximum absolute atomic E-state index is 5.19. The van der Waals surface area contributed by atoms with Crippen LogP contribution in [0.3, 0.4) is 0 Å². The molecular formula is C12H13BrN4O. The molecular weight excluding hydrogens is 296 g/mol. The minimum Gasteiger partial charge on any atom is -0.479 e. The summed E-state index contributed by atoms with van der Waals surface area (Å²) in [4.78, 5) is 17.2. The van der Waals surface area contributed by atoms with Crippen LogP contribution in [0.15, 0.2) is 23.1 Å². The van der Waals surface area contributed by atoms with Crippen molar-refractivity contribution in [2.24, 2.45) is 0 Å². The highest BCUT2D eigenvalue weighted by Crippen LogP contribution is 2.26. The quantitative estimate of drug-likeness (QED) is 0.816. The minimum absolute atomic E-state index is 0.240. The van der Waals surface area contributed by atoms with Crippen LogP contribution in [0.1, 0.15) is 25.6 Å². The fourth-order valence-corrected chi connectivity index (χ4v) is 1.86. The van der Waals surface area contributed by atoms with E-state index >= 15 is 0 Å². The molecule has 2 heterocycles. The standard InChI is InChI=1S/C12H13BrN4O/c1-7(2)11-16-8(6-9(13)17-11)10-12(18-3)15-5-4-14-10/h4-7H,1-3H3. The van der Waals surface area contributed by atoms with Crippen LogP contribution in [0.5, 0.6) is 5.88 Å². The number of rotatable bonds is 3. The van der Waals surface area contributed by atoms with Gasteiger partial charge >= 0.3 is 0 Å². The first-order valence-electron chi connectivity index (χ1n) is 5.51. The van der Waals surface area contributed by atoms with E-state index in [9.17, 15) is 0 Å². The highest BCUT2D eigenvalue weighted by molar-refractivity contribution is 9.10. The van der Waals surface area contributed by atoms with Crippen molar-refractivity contribution in [1.82, 2.24) is 19.9 Å². The molecule has 0 bridgehead atoms. The summed E-state index contributed by atoms with van der Waals surface area (Å²) >= 11 is 3.38. The van der Waals surface area contributed by atoms with Crippen LogP contribution in [0.2, 0.25) is 0 Å². The molecule has 0 saturated carbocycles. The Morgan fingerprint density at radius 3 is 2.56 bits per heavy atom. The Morgan fingerprint density at radius 2 is 1.89 bits per heavy atom. The zero-order valence-electron chi connectivity index (χ0n) is 10.4. The van der Waals surface area contributed by atoms with Crippen molar-refractivity contribution >= 4 is 15.9 Å². The summed E-state index contributed by atoms with van der Waals surface area (Å²) in [5, 5.41) is 0. The topological polar surface area (TPSA) is 60.8 Å². The average molecular weight is 309 g/mol. The molecule has 5 nitrogen and oxygen atoms in total. The van der Waals surface area contributed by atoms with Gasteiger partial charge in [-0.05, 0) is 22.0 Å². The van der Waals surface area contributed by atoms with Gasteiger partial charge < -0.3 is 4.74 Å². The van der Waals surface area contributed by atoms with E-state index in [1.165, 1.54) is 0 Å². The van der Waals surface area contributed by atoms with Crippen molar-refractivity contribution in [2.45, 2.75) is 19.8 Å². The summed E-state index contributed by atoms with van der Waals surface area (Å²) < 4.78 is 5.92. The number of halogens is 1. The Bertz CT molecular complexity index is 560. The third-order valence-corrected chi connectivity index (χ3v) is 2.74. The molecule has 0 aliphatic rings. The van der Waals surface area contributed by atoms with E-state index in [2.05, 4.69) is 35.9 Å². The maximum atomic E-state index is 5.19. The number of aromatic nitrogens is 4. The fourth-order valence-electron chi connectivity index (χ4n) is 1.47. The molecule has 0 N–H and O–H groups in total. The summed E-state index contributed by atoms with van der Waals surface area (Å²) in [6.45, 7) is 4.08. The van der Waals surface area contributed by atoms with E-state index in [1.54, 1.807) is 25.6 Å². The van der Waals surface area contributed by atoms with Gasteiger partial charge in [0.2, 0.25) is 5.88 Å². The van der Waals surface area contributed by atoms with Gasteiger partial charge in [-0.25, -0.2) is 19.9 Å². The number of nitrogens with zero attached hydrogens (tertiary/aromatic N) is 4. The van der Waals surface area contributed by atoms with E-state index in [0.717, 1.165) is 10.4 Å². The first-order chi connectivity index (χ1) is 8.61. The van der Waals surface area contributed by atoms with Crippen LogP contribution in [-0.4, -0.2) is 27.0 Å². The first-order valence-corrected chi connectivity index (χ1v) is 6.31. The van der Waals surface area contributed by atoms with Gasteiger partial charge in [0, 0.05) is 18.3 Å². The molecule has 0 radical (unpaired) electrons. The van der Waals surface area contributed by atoms with E-state index in [0.29, 0.717) is 17.3 Å². The molecule has 0 aliphatic carbocycles. The van der Waals surface area contributed by atoms with Crippen LogP contribution in [-0.2, 0) is 0 Å². The second kappa shape index (κ2) is 5.39. The van der Waals surface area contributed by atoms with Crippen LogP contribution >= 0.6 is 15.9 Å². The summed E-state index contributed by atoms with van der Waals surface area (Å²) in [5.41, 5.74) is 1.32. The molecule has 6 heteroatoms. The number of hydrogen-bond donors (Lipinski definition) is 0. The van der Waals surface area contributed by atoms with Crippen molar-refractivity contribution < 1.29 is 4.74 Å². The summed E-state index contributed by atoms with van der Waals surface area (Å²) in [6, 6.07) is 1.80. The van der Waals surface area contributed by atoms with Gasteiger partial charge in [-0.2, -0.15) is 0 Å². The first kappa shape index (κ1) is 12.9. The summed E-state index contributed by atoms with van der Waals surface area (Å²) in [5.74, 6) is 1.45. The minimum atomic E-state index is 0.240. The van der Waals surface area contributed by atoms with Crippen molar-refractivity contribution in [3.8, 4) is 17.3 Å². The van der Waals surface area contributed by atoms with Crippen molar-refractivity contribution in [2.75, 3.05) is 7.11 Å². The molecule has 0 atom stereocenters. The Kier molecular flexibility index (Phi) is 3.86. The van der Waals surface area contributed by atoms with E-state index < -0.39 is 0 Å². The molecule has 0 fully saturated rings. The van der Waals surface area contributed by atoms with Gasteiger partial charge in [0.1, 0.15) is 10.4 Å². The van der Waals surface area contributed by atoms with Crippen molar-refractivity contribution in [3.63, 3.8) is 0 Å². The zero-order valence-corrected chi connectivity index (χ0v) is 12.0. The van der Waals surface area contributed by atoms with E-state index in [1.807, 2.05) is 13.8 Å². The lowest BCUT2D eigenvalue weighted by Gasteiger charge is -2.09. The number of hydrogen-bond acceptors (Lipinski definition) is 5. The maximum Gasteiger partial charge on any atom is 0.241 e. The third kappa shape index (κ3) is 2.64. The Morgan fingerprint density at radius 1 is 1.17 bits per heavy atom. The number of ether oxygens (including phenoxy) is 1. The van der Waals surface area contributed by atoms with E-state index in [-0.39, 0.29) is 5.92 Å². The summed E-state index contributed by atoms with van der Waals surface area (Å²) in [6.07, 6.45) is 3.20. The van der Waals surface area contributed by atoms with Crippen molar-refractivity contribution in [1.29, 1.82) is 0 Å². The fraction of sp³-hybridized carbons (Fsp3) is 0.333. The van der Waals surface area contributed by atoms with E-state index in [4.69, 9.17) is 4.74 Å². The van der Waals surface area contributed by atoms with Gasteiger partial charge in [0.05, 0.1) is 12.8 Å².